The van der Waals surface area contributed by atoms with Gasteiger partial charge in [0.05, 0.1) is 0 Å². The van der Waals surface area contributed by atoms with Crippen LogP contribution < -0.4 is 5.32 Å². The molecule has 2 saturated heterocycles. The number of nitrogens with zero attached hydrogens (tertiary/aromatic N) is 2. The lowest BCUT2D eigenvalue weighted by atomic mass is 9.72. The second-order valence-electron chi connectivity index (χ2n) is 8.32. The molecule has 1 N–H and O–H groups in total. The molecule has 3 fully saturated rings. The molecule has 2 aliphatic heterocycles. The van der Waals surface area contributed by atoms with E-state index in [9.17, 15) is 4.79 Å². The Labute approximate surface area is 147 Å². The van der Waals surface area contributed by atoms with Crippen molar-refractivity contribution >= 4 is 6.03 Å². The molecular weight excluding hydrogens is 302 g/mol. The average Bonchev–Trinajstić information content (AvgIpc) is 3.02. The minimum Gasteiger partial charge on any atom is -0.385 e. The SMILES string of the molecule is COCCC1(CNC(=O)N2CC[C@H]3CCN(C)C[C@H]32)CCCCC1. The zero-order valence-electron chi connectivity index (χ0n) is 15.6. The highest BCUT2D eigenvalue weighted by Crippen LogP contribution is 2.39. The van der Waals surface area contributed by atoms with Gasteiger partial charge in [0.2, 0.25) is 0 Å². The highest BCUT2D eigenvalue weighted by atomic mass is 16.5. The summed E-state index contributed by atoms with van der Waals surface area (Å²) in [6, 6.07) is 0.588. The van der Waals surface area contributed by atoms with Gasteiger partial charge in [-0.1, -0.05) is 19.3 Å². The normalized spacial score (nSPS) is 30.2. The average molecular weight is 338 g/mol. The number of fused-ring (bicyclic) bond motifs is 1. The Kier molecular flexibility index (Phi) is 6.03. The van der Waals surface area contributed by atoms with Gasteiger partial charge >= 0.3 is 6.03 Å². The summed E-state index contributed by atoms with van der Waals surface area (Å²) in [6.07, 6.45) is 9.86. The van der Waals surface area contributed by atoms with Crippen molar-refractivity contribution in [1.29, 1.82) is 0 Å². The van der Waals surface area contributed by atoms with Crippen LogP contribution in [-0.4, -0.2) is 68.8 Å². The van der Waals surface area contributed by atoms with E-state index < -0.39 is 0 Å². The molecule has 0 aromatic carbocycles. The number of rotatable bonds is 5. The number of carbonyl (C=O) groups is 1. The Morgan fingerprint density at radius 1 is 1.21 bits per heavy atom. The van der Waals surface area contributed by atoms with Crippen molar-refractivity contribution in [3.63, 3.8) is 0 Å². The summed E-state index contributed by atoms with van der Waals surface area (Å²) in [5, 5.41) is 3.30. The molecule has 5 heteroatoms. The lowest BCUT2D eigenvalue weighted by Crippen LogP contribution is -2.52. The number of urea groups is 1. The number of hydrogen-bond donors (Lipinski definition) is 1. The molecule has 2 atom stereocenters. The zero-order chi connectivity index (χ0) is 17.0. The Balaban J connectivity index is 1.55. The molecule has 5 nitrogen and oxygen atoms in total. The van der Waals surface area contributed by atoms with Crippen LogP contribution in [-0.2, 0) is 4.74 Å². The van der Waals surface area contributed by atoms with Gasteiger partial charge in [0.25, 0.3) is 0 Å². The number of likely N-dealkylation sites (tertiary alicyclic amines) is 2. The first-order chi connectivity index (χ1) is 11.6. The largest absolute Gasteiger partial charge is 0.385 e. The minimum absolute atomic E-state index is 0.167. The van der Waals surface area contributed by atoms with E-state index in [0.29, 0.717) is 12.0 Å². The van der Waals surface area contributed by atoms with Crippen LogP contribution in [0.2, 0.25) is 0 Å². The van der Waals surface area contributed by atoms with Crippen molar-refractivity contribution in [3.8, 4) is 0 Å². The molecule has 0 bridgehead atoms. The van der Waals surface area contributed by atoms with Gasteiger partial charge in [-0.2, -0.15) is 0 Å². The Bertz CT molecular complexity index is 423. The highest BCUT2D eigenvalue weighted by Gasteiger charge is 2.40. The van der Waals surface area contributed by atoms with Crippen LogP contribution in [0.3, 0.4) is 0 Å². The fourth-order valence-corrected chi connectivity index (χ4v) is 5.05. The third-order valence-electron chi connectivity index (χ3n) is 6.69. The number of nitrogens with one attached hydrogen (secondary N) is 1. The highest BCUT2D eigenvalue weighted by molar-refractivity contribution is 5.75. The summed E-state index contributed by atoms with van der Waals surface area (Å²) >= 11 is 0. The predicted octanol–water partition coefficient (Wildman–Crippen LogP) is 2.71. The molecule has 138 valence electrons. The Morgan fingerprint density at radius 3 is 2.71 bits per heavy atom. The summed E-state index contributed by atoms with van der Waals surface area (Å²) in [5.74, 6) is 0.712. The maximum absolute atomic E-state index is 12.8. The van der Waals surface area contributed by atoms with E-state index in [2.05, 4.69) is 22.2 Å². The second-order valence-corrected chi connectivity index (χ2v) is 8.32. The molecule has 3 rings (SSSR count). The van der Waals surface area contributed by atoms with E-state index in [1.165, 1.54) is 51.5 Å². The van der Waals surface area contributed by atoms with Crippen LogP contribution >= 0.6 is 0 Å². The molecule has 1 saturated carbocycles. The van der Waals surface area contributed by atoms with Crippen LogP contribution in [0.1, 0.15) is 51.4 Å². The molecule has 0 radical (unpaired) electrons. The van der Waals surface area contributed by atoms with Crippen LogP contribution in [0, 0.1) is 11.3 Å². The molecule has 2 heterocycles. The molecule has 0 spiro atoms. The van der Waals surface area contributed by atoms with Crippen LogP contribution in [0.4, 0.5) is 4.79 Å². The summed E-state index contributed by atoms with van der Waals surface area (Å²) in [7, 11) is 3.95. The number of piperidine rings is 1. The van der Waals surface area contributed by atoms with Crippen molar-refractivity contribution in [2.75, 3.05) is 46.9 Å². The van der Waals surface area contributed by atoms with E-state index in [0.717, 1.165) is 32.7 Å². The smallest absolute Gasteiger partial charge is 0.317 e. The first kappa shape index (κ1) is 18.0. The van der Waals surface area contributed by atoms with E-state index in [4.69, 9.17) is 4.74 Å². The first-order valence-corrected chi connectivity index (χ1v) is 9.85. The molecule has 2 amide bonds. The van der Waals surface area contributed by atoms with Gasteiger partial charge in [0, 0.05) is 39.4 Å². The summed E-state index contributed by atoms with van der Waals surface area (Å²) in [5.41, 5.74) is 0.256. The third kappa shape index (κ3) is 4.05. The topological polar surface area (TPSA) is 44.8 Å². The van der Waals surface area contributed by atoms with Gasteiger partial charge in [-0.05, 0) is 57.0 Å². The molecule has 24 heavy (non-hydrogen) atoms. The molecule has 1 aliphatic carbocycles. The number of amides is 2. The van der Waals surface area contributed by atoms with Crippen LogP contribution in [0.5, 0.6) is 0 Å². The summed E-state index contributed by atoms with van der Waals surface area (Å²) < 4.78 is 5.33. The van der Waals surface area contributed by atoms with Gasteiger partial charge in [-0.3, -0.25) is 0 Å². The van der Waals surface area contributed by atoms with Gasteiger partial charge in [-0.15, -0.1) is 0 Å². The third-order valence-corrected chi connectivity index (χ3v) is 6.69. The monoisotopic (exact) mass is 337 g/mol. The first-order valence-electron chi connectivity index (χ1n) is 9.85. The lowest BCUT2D eigenvalue weighted by molar-refractivity contribution is 0.0961. The van der Waals surface area contributed by atoms with Gasteiger partial charge < -0.3 is 19.9 Å². The molecular formula is C19H35N3O2. The fourth-order valence-electron chi connectivity index (χ4n) is 5.05. The number of carbonyl (C=O) groups excluding carboxylic acids is 1. The van der Waals surface area contributed by atoms with Gasteiger partial charge in [0.15, 0.2) is 0 Å². The lowest BCUT2D eigenvalue weighted by Gasteiger charge is -2.39. The number of likely N-dealkylation sites (N-methyl/N-ethyl adjacent to an activating group) is 1. The molecule has 0 aromatic heterocycles. The maximum atomic E-state index is 12.8. The summed E-state index contributed by atoms with van der Waals surface area (Å²) in [4.78, 5) is 17.3. The zero-order valence-corrected chi connectivity index (χ0v) is 15.6. The van der Waals surface area contributed by atoms with Crippen molar-refractivity contribution in [3.05, 3.63) is 0 Å². The van der Waals surface area contributed by atoms with Crippen LogP contribution in [0.25, 0.3) is 0 Å². The fraction of sp³-hybridized carbons (Fsp3) is 0.947. The Morgan fingerprint density at radius 2 is 1.96 bits per heavy atom. The van der Waals surface area contributed by atoms with E-state index in [1.807, 2.05) is 0 Å². The molecule has 3 aliphatic rings. The Hall–Kier alpha value is -0.810. The molecule has 0 unspecified atom stereocenters. The van der Waals surface area contributed by atoms with E-state index in [1.54, 1.807) is 7.11 Å². The quantitative estimate of drug-likeness (QED) is 0.839. The standard InChI is InChI=1S/C19H35N3O2/c1-21-11-6-16-7-12-22(17(16)14-21)18(23)20-15-19(10-13-24-2)8-4-3-5-9-19/h16-17H,3-15H2,1-2H3,(H,20,23)/t16-,17-/m1/s1. The van der Waals surface area contributed by atoms with Gasteiger partial charge in [-0.25, -0.2) is 4.79 Å². The van der Waals surface area contributed by atoms with Crippen molar-refractivity contribution in [2.24, 2.45) is 11.3 Å². The second kappa shape index (κ2) is 8.05. The van der Waals surface area contributed by atoms with Crippen molar-refractivity contribution in [2.45, 2.75) is 57.4 Å². The van der Waals surface area contributed by atoms with Gasteiger partial charge in [0.1, 0.15) is 0 Å². The number of methoxy groups -OCH3 is 1. The van der Waals surface area contributed by atoms with Crippen molar-refractivity contribution < 1.29 is 9.53 Å². The van der Waals surface area contributed by atoms with E-state index in [-0.39, 0.29) is 11.4 Å². The van der Waals surface area contributed by atoms with E-state index >= 15 is 0 Å². The predicted molar refractivity (Wildman–Crippen MR) is 96.1 cm³/mol. The summed E-state index contributed by atoms with van der Waals surface area (Å²) in [6.45, 7) is 4.76. The van der Waals surface area contributed by atoms with Crippen LogP contribution in [0.15, 0.2) is 0 Å². The maximum Gasteiger partial charge on any atom is 0.317 e. The van der Waals surface area contributed by atoms with Crippen molar-refractivity contribution in [1.82, 2.24) is 15.1 Å². The molecule has 0 aromatic rings. The number of hydrogen-bond acceptors (Lipinski definition) is 3. The number of ether oxygens (including phenoxy) is 1. The minimum atomic E-state index is 0.167.